The summed E-state index contributed by atoms with van der Waals surface area (Å²) in [5.74, 6) is -2.90. The maximum atomic E-state index is 12.2. The Kier molecular flexibility index (Phi) is 5.41. The van der Waals surface area contributed by atoms with Gasteiger partial charge in [-0.25, -0.2) is 8.42 Å². The van der Waals surface area contributed by atoms with Crippen molar-refractivity contribution in [3.8, 4) is 0 Å². The van der Waals surface area contributed by atoms with Gasteiger partial charge in [-0.3, -0.25) is 4.79 Å². The molecular weight excluding hydrogens is 334 g/mol. The lowest BCUT2D eigenvalue weighted by molar-refractivity contribution is -0.119. The summed E-state index contributed by atoms with van der Waals surface area (Å²) in [7, 11) is -3.42. The number of anilines is 1. The van der Waals surface area contributed by atoms with Crippen LogP contribution in [0.25, 0.3) is 0 Å². The van der Waals surface area contributed by atoms with Gasteiger partial charge in [-0.05, 0) is 37.1 Å². The molecular formula is C13H16F2N2O3S2. The molecule has 2 rings (SSSR count). The summed E-state index contributed by atoms with van der Waals surface area (Å²) < 4.78 is 48.9. The quantitative estimate of drug-likeness (QED) is 0.828. The summed E-state index contributed by atoms with van der Waals surface area (Å²) in [6.45, 7) is 0.334. The SMILES string of the molecule is CS(=O)(=O)N1CCCC1C(=O)Nc1ccc(SC(F)F)cc1. The molecule has 0 aliphatic carbocycles. The van der Waals surface area contributed by atoms with Crippen molar-refractivity contribution >= 4 is 33.4 Å². The Morgan fingerprint density at radius 1 is 1.36 bits per heavy atom. The van der Waals surface area contributed by atoms with Crippen molar-refractivity contribution in [1.29, 1.82) is 0 Å². The number of rotatable bonds is 5. The Bertz CT molecular complexity index is 635. The molecule has 0 aromatic heterocycles. The van der Waals surface area contributed by atoms with Gasteiger partial charge in [0.2, 0.25) is 15.9 Å². The van der Waals surface area contributed by atoms with Crippen LogP contribution >= 0.6 is 11.8 Å². The first-order valence-electron chi connectivity index (χ1n) is 6.60. The number of amides is 1. The third kappa shape index (κ3) is 4.40. The number of thioether (sulfide) groups is 1. The van der Waals surface area contributed by atoms with Crippen molar-refractivity contribution in [2.45, 2.75) is 29.5 Å². The van der Waals surface area contributed by atoms with Crippen LogP contribution in [0.15, 0.2) is 29.2 Å². The van der Waals surface area contributed by atoms with E-state index in [1.807, 2.05) is 0 Å². The van der Waals surface area contributed by atoms with Gasteiger partial charge in [-0.1, -0.05) is 11.8 Å². The summed E-state index contributed by atoms with van der Waals surface area (Å²) in [6.07, 6.45) is 2.18. The fraction of sp³-hybridized carbons (Fsp3) is 0.462. The predicted octanol–water partition coefficient (Wildman–Crippen LogP) is 2.36. The molecule has 1 aliphatic heterocycles. The average molecular weight is 350 g/mol. The molecule has 1 fully saturated rings. The number of hydrogen-bond acceptors (Lipinski definition) is 4. The molecule has 1 aromatic rings. The van der Waals surface area contributed by atoms with E-state index in [1.54, 1.807) is 0 Å². The van der Waals surface area contributed by atoms with Gasteiger partial charge >= 0.3 is 0 Å². The molecule has 0 radical (unpaired) electrons. The monoisotopic (exact) mass is 350 g/mol. The molecule has 1 aliphatic rings. The van der Waals surface area contributed by atoms with Crippen LogP contribution in [0.3, 0.4) is 0 Å². The highest BCUT2D eigenvalue weighted by Gasteiger charge is 2.36. The minimum atomic E-state index is -3.42. The van der Waals surface area contributed by atoms with E-state index in [-0.39, 0.29) is 0 Å². The van der Waals surface area contributed by atoms with Gasteiger partial charge in [0.05, 0.1) is 6.26 Å². The third-order valence-corrected chi connectivity index (χ3v) is 5.29. The molecule has 1 saturated heterocycles. The van der Waals surface area contributed by atoms with Gasteiger partial charge in [0.15, 0.2) is 0 Å². The van der Waals surface area contributed by atoms with Crippen LogP contribution in [0.4, 0.5) is 14.5 Å². The Morgan fingerprint density at radius 3 is 2.55 bits per heavy atom. The van der Waals surface area contributed by atoms with E-state index in [0.29, 0.717) is 41.7 Å². The first-order valence-corrected chi connectivity index (χ1v) is 9.33. The average Bonchev–Trinajstić information content (AvgIpc) is 2.89. The Hall–Kier alpha value is -1.19. The zero-order valence-corrected chi connectivity index (χ0v) is 13.5. The number of hydrogen-bond donors (Lipinski definition) is 1. The number of nitrogens with zero attached hydrogens (tertiary/aromatic N) is 1. The summed E-state index contributed by atoms with van der Waals surface area (Å²) in [5.41, 5.74) is 0.448. The largest absolute Gasteiger partial charge is 0.325 e. The second-order valence-electron chi connectivity index (χ2n) is 4.92. The summed E-state index contributed by atoms with van der Waals surface area (Å²) in [5, 5.41) is 2.62. The molecule has 1 heterocycles. The standard InChI is InChI=1S/C13H16F2N2O3S2/c1-22(19,20)17-8-2-3-11(17)12(18)16-9-4-6-10(7-5-9)21-13(14)15/h4-7,11,13H,2-3,8H2,1H3,(H,16,18). The molecule has 9 heteroatoms. The van der Waals surface area contributed by atoms with E-state index in [0.717, 1.165) is 6.26 Å². The van der Waals surface area contributed by atoms with Crippen LogP contribution in [0.5, 0.6) is 0 Å². The van der Waals surface area contributed by atoms with Crippen LogP contribution in [0, 0.1) is 0 Å². The molecule has 1 aromatic carbocycles. The molecule has 0 bridgehead atoms. The highest BCUT2D eigenvalue weighted by atomic mass is 32.2. The topological polar surface area (TPSA) is 66.5 Å². The summed E-state index contributed by atoms with van der Waals surface area (Å²) in [4.78, 5) is 12.6. The number of carbonyl (C=O) groups is 1. The molecule has 122 valence electrons. The number of alkyl halides is 2. The molecule has 1 atom stereocenters. The zero-order chi connectivity index (χ0) is 16.3. The second-order valence-corrected chi connectivity index (χ2v) is 7.92. The van der Waals surface area contributed by atoms with E-state index in [9.17, 15) is 22.0 Å². The minimum Gasteiger partial charge on any atom is -0.325 e. The maximum absolute atomic E-state index is 12.2. The lowest BCUT2D eigenvalue weighted by Gasteiger charge is -2.21. The summed E-state index contributed by atoms with van der Waals surface area (Å²) >= 11 is 0.422. The molecule has 0 saturated carbocycles. The Labute approximate surface area is 132 Å². The highest BCUT2D eigenvalue weighted by molar-refractivity contribution is 7.99. The molecule has 5 nitrogen and oxygen atoms in total. The minimum absolute atomic E-state index is 0.334. The van der Waals surface area contributed by atoms with Gasteiger partial charge < -0.3 is 5.32 Å². The van der Waals surface area contributed by atoms with Gasteiger partial charge in [0.25, 0.3) is 5.76 Å². The second kappa shape index (κ2) is 6.93. The molecule has 22 heavy (non-hydrogen) atoms. The Morgan fingerprint density at radius 2 is 2.00 bits per heavy atom. The fourth-order valence-corrected chi connectivity index (χ4v) is 3.97. The number of sulfonamides is 1. The van der Waals surface area contributed by atoms with Crippen molar-refractivity contribution in [2.24, 2.45) is 0 Å². The van der Waals surface area contributed by atoms with Crippen molar-refractivity contribution in [2.75, 3.05) is 18.1 Å². The smallest absolute Gasteiger partial charge is 0.288 e. The lowest BCUT2D eigenvalue weighted by Crippen LogP contribution is -2.42. The van der Waals surface area contributed by atoms with Crippen LogP contribution in [-0.2, 0) is 14.8 Å². The number of nitrogens with one attached hydrogen (secondary N) is 1. The van der Waals surface area contributed by atoms with Crippen LogP contribution in [0.1, 0.15) is 12.8 Å². The van der Waals surface area contributed by atoms with Gasteiger partial charge in [0.1, 0.15) is 6.04 Å². The predicted molar refractivity (Wildman–Crippen MR) is 81.5 cm³/mol. The van der Waals surface area contributed by atoms with E-state index in [1.165, 1.54) is 28.6 Å². The fourth-order valence-electron chi connectivity index (χ4n) is 2.34. The molecule has 1 N–H and O–H groups in total. The number of benzene rings is 1. The zero-order valence-electron chi connectivity index (χ0n) is 11.8. The van der Waals surface area contributed by atoms with Crippen LogP contribution < -0.4 is 5.32 Å². The van der Waals surface area contributed by atoms with Crippen molar-refractivity contribution in [3.05, 3.63) is 24.3 Å². The first-order chi connectivity index (χ1) is 10.3. The van der Waals surface area contributed by atoms with Crippen molar-refractivity contribution in [3.63, 3.8) is 0 Å². The van der Waals surface area contributed by atoms with Gasteiger partial charge in [-0.15, -0.1) is 0 Å². The van der Waals surface area contributed by atoms with Crippen molar-refractivity contribution in [1.82, 2.24) is 4.31 Å². The van der Waals surface area contributed by atoms with Crippen molar-refractivity contribution < 1.29 is 22.0 Å². The van der Waals surface area contributed by atoms with Gasteiger partial charge in [-0.2, -0.15) is 13.1 Å². The van der Waals surface area contributed by atoms with E-state index >= 15 is 0 Å². The first kappa shape index (κ1) is 17.2. The molecule has 1 amide bonds. The number of carbonyl (C=O) groups excluding carboxylic acids is 1. The van der Waals surface area contributed by atoms with E-state index < -0.39 is 27.7 Å². The van der Waals surface area contributed by atoms with Gasteiger partial charge in [0, 0.05) is 17.1 Å². The van der Waals surface area contributed by atoms with Crippen LogP contribution in [-0.4, -0.2) is 43.2 Å². The maximum Gasteiger partial charge on any atom is 0.288 e. The van der Waals surface area contributed by atoms with E-state index in [2.05, 4.69) is 5.32 Å². The Balaban J connectivity index is 2.02. The van der Waals surface area contributed by atoms with Crippen LogP contribution in [0.2, 0.25) is 0 Å². The molecule has 1 unspecified atom stereocenters. The molecule has 0 spiro atoms. The van der Waals surface area contributed by atoms with E-state index in [4.69, 9.17) is 0 Å². The lowest BCUT2D eigenvalue weighted by atomic mass is 10.2. The summed E-state index contributed by atoms with van der Waals surface area (Å²) in [6, 6.07) is 5.28. The normalized spacial score (nSPS) is 19.5. The third-order valence-electron chi connectivity index (χ3n) is 3.28. The highest BCUT2D eigenvalue weighted by Crippen LogP contribution is 2.27. The number of halogens is 2.